The van der Waals surface area contributed by atoms with Gasteiger partial charge in [0.15, 0.2) is 5.78 Å². The van der Waals surface area contributed by atoms with Gasteiger partial charge in [0.2, 0.25) is 0 Å². The van der Waals surface area contributed by atoms with Crippen LogP contribution in [0.4, 0.5) is 5.82 Å². The van der Waals surface area contributed by atoms with Crippen molar-refractivity contribution >= 4 is 34.1 Å². The number of H-pyrrole nitrogens is 1. The molecular weight excluding hydrogens is 346 g/mol. The zero-order valence-electron chi connectivity index (χ0n) is 13.9. The Morgan fingerprint density at radius 2 is 1.85 bits per heavy atom. The molecule has 0 bridgehead atoms. The van der Waals surface area contributed by atoms with Gasteiger partial charge >= 0.3 is 0 Å². The highest BCUT2D eigenvalue weighted by Crippen LogP contribution is 2.28. The molecule has 0 saturated carbocycles. The maximum atomic E-state index is 13.1. The molecule has 2 heterocycles. The summed E-state index contributed by atoms with van der Waals surface area (Å²) < 4.78 is 0. The van der Waals surface area contributed by atoms with Crippen LogP contribution in [-0.2, 0) is 6.54 Å². The summed E-state index contributed by atoms with van der Waals surface area (Å²) in [4.78, 5) is 20.6. The van der Waals surface area contributed by atoms with E-state index in [1.54, 1.807) is 30.6 Å². The second kappa shape index (κ2) is 7.02. The van der Waals surface area contributed by atoms with E-state index in [1.807, 2.05) is 42.5 Å². The van der Waals surface area contributed by atoms with Crippen LogP contribution in [0.15, 0.2) is 73.1 Å². The van der Waals surface area contributed by atoms with E-state index in [-0.39, 0.29) is 5.78 Å². The lowest BCUT2D eigenvalue weighted by atomic mass is 10.0. The van der Waals surface area contributed by atoms with Gasteiger partial charge in [-0.25, -0.2) is 4.98 Å². The quantitative estimate of drug-likeness (QED) is 0.488. The lowest BCUT2D eigenvalue weighted by Crippen LogP contribution is -2.09. The first-order valence-electron chi connectivity index (χ1n) is 8.27. The van der Waals surface area contributed by atoms with Crippen molar-refractivity contribution in [2.45, 2.75) is 6.54 Å². The van der Waals surface area contributed by atoms with Gasteiger partial charge < -0.3 is 10.3 Å². The molecule has 0 atom stereocenters. The van der Waals surface area contributed by atoms with E-state index in [1.165, 1.54) is 0 Å². The number of nitrogens with zero attached hydrogens (tertiary/aromatic N) is 1. The number of hydrogen-bond acceptors (Lipinski definition) is 3. The van der Waals surface area contributed by atoms with Crippen LogP contribution < -0.4 is 5.32 Å². The smallest absolute Gasteiger partial charge is 0.198 e. The molecule has 0 aliphatic rings. The fourth-order valence-corrected chi connectivity index (χ4v) is 3.19. The van der Waals surface area contributed by atoms with Crippen LogP contribution >= 0.6 is 11.6 Å². The number of fused-ring (bicyclic) bond motifs is 1. The van der Waals surface area contributed by atoms with Gasteiger partial charge in [-0.1, -0.05) is 54.1 Å². The topological polar surface area (TPSA) is 57.8 Å². The normalized spacial score (nSPS) is 10.8. The fraction of sp³-hybridized carbons (Fsp3) is 0.0476. The predicted molar refractivity (Wildman–Crippen MR) is 105 cm³/mol. The third-order valence-corrected chi connectivity index (χ3v) is 4.58. The van der Waals surface area contributed by atoms with E-state index in [4.69, 9.17) is 11.6 Å². The molecule has 0 radical (unpaired) electrons. The molecule has 4 aromatic rings. The molecule has 0 unspecified atom stereocenters. The van der Waals surface area contributed by atoms with Gasteiger partial charge in [0, 0.05) is 29.9 Å². The number of benzene rings is 2. The Hall–Kier alpha value is -3.11. The summed E-state index contributed by atoms with van der Waals surface area (Å²) in [7, 11) is 0. The summed E-state index contributed by atoms with van der Waals surface area (Å²) in [5.74, 6) is 0.472. The number of para-hydroxylation sites is 1. The molecule has 128 valence electrons. The van der Waals surface area contributed by atoms with E-state index in [2.05, 4.69) is 15.3 Å². The van der Waals surface area contributed by atoms with Gasteiger partial charge in [-0.3, -0.25) is 4.79 Å². The highest BCUT2D eigenvalue weighted by molar-refractivity contribution is 6.36. The average Bonchev–Trinajstić information content (AvgIpc) is 3.12. The largest absolute Gasteiger partial charge is 0.365 e. The lowest BCUT2D eigenvalue weighted by Gasteiger charge is -2.10. The Bertz CT molecular complexity index is 1070. The van der Waals surface area contributed by atoms with Crippen molar-refractivity contribution in [1.29, 1.82) is 0 Å². The molecule has 4 nitrogen and oxygen atoms in total. The third-order valence-electron chi connectivity index (χ3n) is 4.26. The van der Waals surface area contributed by atoms with E-state index in [9.17, 15) is 4.79 Å². The van der Waals surface area contributed by atoms with Crippen LogP contribution in [0.1, 0.15) is 21.5 Å². The van der Waals surface area contributed by atoms with Gasteiger partial charge in [0.1, 0.15) is 5.82 Å². The van der Waals surface area contributed by atoms with E-state index in [0.717, 1.165) is 16.5 Å². The second-order valence-electron chi connectivity index (χ2n) is 5.93. The molecule has 0 aliphatic heterocycles. The summed E-state index contributed by atoms with van der Waals surface area (Å²) >= 11 is 6.20. The predicted octanol–water partition coefficient (Wildman–Crippen LogP) is 5.06. The number of halogens is 1. The average molecular weight is 362 g/mol. The van der Waals surface area contributed by atoms with Crippen molar-refractivity contribution in [2.24, 2.45) is 0 Å². The van der Waals surface area contributed by atoms with E-state index < -0.39 is 0 Å². The highest BCUT2D eigenvalue weighted by Gasteiger charge is 2.18. The Labute approximate surface area is 155 Å². The van der Waals surface area contributed by atoms with Crippen molar-refractivity contribution in [3.05, 3.63) is 94.8 Å². The standard InChI is InChI=1S/C21H16ClN3O/c22-18-10-4-8-15-17(13-24-19(15)18)20(26)16-9-5-11-23-21(16)25-12-14-6-2-1-3-7-14/h1-11,13,24H,12H2,(H,23,25). The molecule has 0 fully saturated rings. The summed E-state index contributed by atoms with van der Waals surface area (Å²) in [5, 5.41) is 4.66. The lowest BCUT2D eigenvalue weighted by molar-refractivity contribution is 0.104. The van der Waals surface area contributed by atoms with Crippen LogP contribution in [-0.4, -0.2) is 15.8 Å². The Morgan fingerprint density at radius 3 is 2.69 bits per heavy atom. The van der Waals surface area contributed by atoms with Crippen molar-refractivity contribution in [3.63, 3.8) is 0 Å². The number of aromatic amines is 1. The summed E-state index contributed by atoms with van der Waals surface area (Å²) in [5.41, 5.74) is 3.00. The molecule has 0 spiro atoms. The number of aromatic nitrogens is 2. The first-order valence-corrected chi connectivity index (χ1v) is 8.65. The minimum Gasteiger partial charge on any atom is -0.365 e. The molecule has 2 N–H and O–H groups in total. The fourth-order valence-electron chi connectivity index (χ4n) is 2.96. The maximum Gasteiger partial charge on any atom is 0.198 e. The first kappa shape index (κ1) is 16.4. The van der Waals surface area contributed by atoms with E-state index in [0.29, 0.717) is 28.5 Å². The molecular formula is C21H16ClN3O. The van der Waals surface area contributed by atoms with Gasteiger partial charge in [-0.05, 0) is 23.8 Å². The summed E-state index contributed by atoms with van der Waals surface area (Å²) in [6.45, 7) is 0.595. The number of carbonyl (C=O) groups is 1. The minimum absolute atomic E-state index is 0.0952. The van der Waals surface area contributed by atoms with Crippen LogP contribution in [0.3, 0.4) is 0 Å². The van der Waals surface area contributed by atoms with Crippen LogP contribution in [0.2, 0.25) is 5.02 Å². The number of anilines is 1. The SMILES string of the molecule is O=C(c1cccnc1NCc1ccccc1)c1c[nH]c2c(Cl)cccc12. The molecule has 2 aromatic heterocycles. The molecule has 0 saturated heterocycles. The maximum absolute atomic E-state index is 13.1. The van der Waals surface area contributed by atoms with Crippen LogP contribution in [0, 0.1) is 0 Å². The highest BCUT2D eigenvalue weighted by atomic mass is 35.5. The van der Waals surface area contributed by atoms with Gasteiger partial charge in [-0.2, -0.15) is 0 Å². The zero-order chi connectivity index (χ0) is 17.9. The number of pyridine rings is 1. The molecule has 0 amide bonds. The monoisotopic (exact) mass is 361 g/mol. The number of hydrogen-bond donors (Lipinski definition) is 2. The summed E-state index contributed by atoms with van der Waals surface area (Å²) in [6.07, 6.45) is 3.38. The Morgan fingerprint density at radius 1 is 1.00 bits per heavy atom. The van der Waals surface area contributed by atoms with Gasteiger partial charge in [0.25, 0.3) is 0 Å². The van der Waals surface area contributed by atoms with Crippen molar-refractivity contribution < 1.29 is 4.79 Å². The third kappa shape index (κ3) is 3.07. The van der Waals surface area contributed by atoms with Crippen LogP contribution in [0.5, 0.6) is 0 Å². The van der Waals surface area contributed by atoms with Crippen LogP contribution in [0.25, 0.3) is 10.9 Å². The molecule has 4 rings (SSSR count). The molecule has 5 heteroatoms. The number of nitrogens with one attached hydrogen (secondary N) is 2. The van der Waals surface area contributed by atoms with Crippen molar-refractivity contribution in [2.75, 3.05) is 5.32 Å². The van der Waals surface area contributed by atoms with Gasteiger partial charge in [-0.15, -0.1) is 0 Å². The van der Waals surface area contributed by atoms with E-state index >= 15 is 0 Å². The second-order valence-corrected chi connectivity index (χ2v) is 6.34. The van der Waals surface area contributed by atoms with Gasteiger partial charge in [0.05, 0.1) is 16.1 Å². The molecule has 0 aliphatic carbocycles. The molecule has 2 aromatic carbocycles. The Kier molecular flexibility index (Phi) is 4.42. The zero-order valence-corrected chi connectivity index (χ0v) is 14.6. The Balaban J connectivity index is 1.67. The van der Waals surface area contributed by atoms with Crippen molar-refractivity contribution in [1.82, 2.24) is 9.97 Å². The number of ketones is 1. The first-order chi connectivity index (χ1) is 12.7. The number of carbonyl (C=O) groups excluding carboxylic acids is 1. The molecule has 26 heavy (non-hydrogen) atoms. The minimum atomic E-state index is -0.0952. The van der Waals surface area contributed by atoms with Crippen molar-refractivity contribution in [3.8, 4) is 0 Å². The summed E-state index contributed by atoms with van der Waals surface area (Å²) in [6, 6.07) is 19.1. The number of rotatable bonds is 5.